The molecule has 204 valence electrons. The molecule has 2 aliphatic rings. The van der Waals surface area contributed by atoms with Crippen LogP contribution in [0.1, 0.15) is 85.6 Å². The Morgan fingerprint density at radius 1 is 1.11 bits per heavy atom. The molecule has 2 aromatic heterocycles. The topological polar surface area (TPSA) is 110 Å². The van der Waals surface area contributed by atoms with Crippen LogP contribution in [0, 0.1) is 5.92 Å². The summed E-state index contributed by atoms with van der Waals surface area (Å²) in [5.74, 6) is 1.91. The highest BCUT2D eigenvalue weighted by Gasteiger charge is 2.28. The van der Waals surface area contributed by atoms with Crippen LogP contribution in [-0.2, 0) is 19.3 Å². The lowest BCUT2D eigenvalue weighted by Crippen LogP contribution is -2.41. The number of hydrogen-bond acceptors (Lipinski definition) is 8. The third kappa shape index (κ3) is 6.43. The number of fused-ring (bicyclic) bond motifs is 1. The number of nitrogens with one attached hydrogen (secondary N) is 1. The molecule has 0 radical (unpaired) electrons. The minimum absolute atomic E-state index is 0.00292. The van der Waals surface area contributed by atoms with Gasteiger partial charge in [-0.1, -0.05) is 31.1 Å². The van der Waals surface area contributed by atoms with Gasteiger partial charge in [0.2, 0.25) is 11.7 Å². The van der Waals surface area contributed by atoms with E-state index in [0.29, 0.717) is 34.9 Å². The molecule has 0 saturated heterocycles. The lowest BCUT2D eigenvalue weighted by atomic mass is 9.83. The third-order valence-electron chi connectivity index (χ3n) is 8.14. The van der Waals surface area contributed by atoms with Crippen LogP contribution < -0.4 is 11.1 Å². The van der Waals surface area contributed by atoms with Crippen molar-refractivity contribution in [1.29, 1.82) is 0 Å². The number of rotatable bonds is 10. The van der Waals surface area contributed by atoms with Crippen LogP contribution in [0.25, 0.3) is 11.4 Å². The van der Waals surface area contributed by atoms with E-state index in [1.807, 2.05) is 31.2 Å². The van der Waals surface area contributed by atoms with E-state index in [0.717, 1.165) is 50.3 Å². The van der Waals surface area contributed by atoms with Gasteiger partial charge < -0.3 is 20.5 Å². The summed E-state index contributed by atoms with van der Waals surface area (Å²) in [5, 5.41) is 7.99. The minimum atomic E-state index is -0.00292. The minimum Gasteiger partial charge on any atom is -0.375 e. The number of carbonyl (C=O) groups excluding carboxylic acids is 1. The quantitative estimate of drug-likeness (QED) is 0.362. The first-order valence-corrected chi connectivity index (χ1v) is 15.1. The van der Waals surface area contributed by atoms with Crippen LogP contribution in [0.5, 0.6) is 0 Å². The molecule has 5 rings (SSSR count). The Hall–Kier alpha value is -2.78. The van der Waals surface area contributed by atoms with Gasteiger partial charge in [-0.05, 0) is 88.9 Å². The fourth-order valence-corrected chi connectivity index (χ4v) is 6.90. The van der Waals surface area contributed by atoms with E-state index in [1.165, 1.54) is 42.7 Å². The monoisotopic (exact) mass is 536 g/mol. The number of amides is 1. The fourth-order valence-electron chi connectivity index (χ4n) is 5.95. The van der Waals surface area contributed by atoms with E-state index in [1.54, 1.807) is 11.3 Å². The SMILES string of the molecule is CCCN(CCC1CCC(NC(=O)c2ccc(-c3noc(CC)n3)cc2)CC1)[C@H]1CCc2nc(N)sc2C1. The van der Waals surface area contributed by atoms with E-state index in [9.17, 15) is 4.79 Å². The van der Waals surface area contributed by atoms with E-state index in [2.05, 4.69) is 32.3 Å². The first kappa shape index (κ1) is 26.8. The van der Waals surface area contributed by atoms with E-state index >= 15 is 0 Å². The Labute approximate surface area is 229 Å². The van der Waals surface area contributed by atoms with Crippen molar-refractivity contribution in [2.75, 3.05) is 18.8 Å². The van der Waals surface area contributed by atoms with Crippen LogP contribution in [0.15, 0.2) is 28.8 Å². The largest absolute Gasteiger partial charge is 0.375 e. The summed E-state index contributed by atoms with van der Waals surface area (Å²) in [5.41, 5.74) is 8.72. The van der Waals surface area contributed by atoms with Crippen molar-refractivity contribution in [3.63, 3.8) is 0 Å². The third-order valence-corrected chi connectivity index (χ3v) is 9.09. The summed E-state index contributed by atoms with van der Waals surface area (Å²) in [4.78, 5) is 25.9. The first-order chi connectivity index (χ1) is 18.5. The predicted octanol–water partition coefficient (Wildman–Crippen LogP) is 5.29. The van der Waals surface area contributed by atoms with Crippen molar-refractivity contribution in [2.45, 2.75) is 90.1 Å². The number of nitrogen functional groups attached to an aromatic ring is 1. The molecule has 1 fully saturated rings. The van der Waals surface area contributed by atoms with E-state index in [-0.39, 0.29) is 11.9 Å². The van der Waals surface area contributed by atoms with Crippen LogP contribution in [0.3, 0.4) is 0 Å². The van der Waals surface area contributed by atoms with Crippen LogP contribution in [0.4, 0.5) is 5.13 Å². The Morgan fingerprint density at radius 3 is 2.61 bits per heavy atom. The van der Waals surface area contributed by atoms with Gasteiger partial charge in [0.05, 0.1) is 5.69 Å². The van der Waals surface area contributed by atoms with Crippen LogP contribution in [0.2, 0.25) is 0 Å². The fraction of sp³-hybridized carbons (Fsp3) is 0.586. The summed E-state index contributed by atoms with van der Waals surface area (Å²) >= 11 is 1.68. The average Bonchev–Trinajstić information content (AvgIpc) is 3.57. The summed E-state index contributed by atoms with van der Waals surface area (Å²) < 4.78 is 5.19. The molecule has 0 aliphatic heterocycles. The number of aryl methyl sites for hydroxylation is 2. The zero-order chi connectivity index (χ0) is 26.5. The molecule has 2 aliphatic carbocycles. The lowest BCUT2D eigenvalue weighted by molar-refractivity contribution is 0.0918. The second-order valence-corrected chi connectivity index (χ2v) is 11.9. The molecule has 3 N–H and O–H groups in total. The van der Waals surface area contributed by atoms with Crippen molar-refractivity contribution in [3.05, 3.63) is 46.3 Å². The number of benzene rings is 1. The second kappa shape index (κ2) is 12.4. The molecule has 9 heteroatoms. The van der Waals surface area contributed by atoms with Crippen molar-refractivity contribution >= 4 is 22.4 Å². The molecule has 0 spiro atoms. The first-order valence-electron chi connectivity index (χ1n) is 14.2. The molecule has 2 heterocycles. The van der Waals surface area contributed by atoms with E-state index < -0.39 is 0 Å². The molecule has 3 aromatic rings. The molecule has 1 atom stereocenters. The van der Waals surface area contributed by atoms with Crippen molar-refractivity contribution in [1.82, 2.24) is 25.3 Å². The number of carbonyl (C=O) groups is 1. The summed E-state index contributed by atoms with van der Waals surface area (Å²) in [6.07, 6.45) is 10.9. The van der Waals surface area contributed by atoms with E-state index in [4.69, 9.17) is 10.3 Å². The number of hydrogen-bond donors (Lipinski definition) is 2. The number of aromatic nitrogens is 3. The smallest absolute Gasteiger partial charge is 0.251 e. The number of nitrogens with zero attached hydrogens (tertiary/aromatic N) is 4. The van der Waals surface area contributed by atoms with Gasteiger partial charge in [-0.15, -0.1) is 11.3 Å². The van der Waals surface area contributed by atoms with Gasteiger partial charge in [-0.3, -0.25) is 4.79 Å². The van der Waals surface area contributed by atoms with Gasteiger partial charge >= 0.3 is 0 Å². The molecule has 1 amide bonds. The molecule has 38 heavy (non-hydrogen) atoms. The molecule has 0 unspecified atom stereocenters. The van der Waals surface area contributed by atoms with Crippen molar-refractivity contribution in [2.24, 2.45) is 5.92 Å². The van der Waals surface area contributed by atoms with Crippen molar-refractivity contribution < 1.29 is 9.32 Å². The van der Waals surface area contributed by atoms with Crippen LogP contribution >= 0.6 is 11.3 Å². The summed E-state index contributed by atoms with van der Waals surface area (Å²) in [6, 6.07) is 8.32. The Morgan fingerprint density at radius 2 is 1.89 bits per heavy atom. The van der Waals surface area contributed by atoms with Gasteiger partial charge in [-0.25, -0.2) is 4.98 Å². The zero-order valence-corrected chi connectivity index (χ0v) is 23.4. The van der Waals surface area contributed by atoms with Gasteiger partial charge in [0.1, 0.15) is 0 Å². The standard InChI is InChI=1S/C29H40N6O2S/c1-3-16-35(23-13-14-24-25(18-23)38-29(30)32-24)17-15-19-5-11-22(12-6-19)31-28(36)21-9-7-20(8-10-21)27-33-26(4-2)37-34-27/h7-10,19,22-23H,3-6,11-18H2,1-2H3,(H2,30,32)(H,31,36)/t19?,22?,23-/m0/s1. The molecule has 1 aromatic carbocycles. The number of thiazole rings is 1. The predicted molar refractivity (Wildman–Crippen MR) is 151 cm³/mol. The molecule has 0 bridgehead atoms. The van der Waals surface area contributed by atoms with Gasteiger partial charge in [0.25, 0.3) is 5.91 Å². The Kier molecular flexibility index (Phi) is 8.74. The maximum absolute atomic E-state index is 12.9. The highest BCUT2D eigenvalue weighted by molar-refractivity contribution is 7.15. The molecular weight excluding hydrogens is 496 g/mol. The second-order valence-electron chi connectivity index (χ2n) is 10.8. The molecule has 1 saturated carbocycles. The maximum atomic E-state index is 12.9. The normalized spacial score (nSPS) is 21.4. The molecule has 8 nitrogen and oxygen atoms in total. The van der Waals surface area contributed by atoms with Gasteiger partial charge in [0.15, 0.2) is 5.13 Å². The molecular formula is C29H40N6O2S. The van der Waals surface area contributed by atoms with Gasteiger partial charge in [-0.2, -0.15) is 4.98 Å². The summed E-state index contributed by atoms with van der Waals surface area (Å²) in [7, 11) is 0. The highest BCUT2D eigenvalue weighted by atomic mass is 32.1. The van der Waals surface area contributed by atoms with Gasteiger partial charge in [0, 0.05) is 34.5 Å². The highest BCUT2D eigenvalue weighted by Crippen LogP contribution is 2.32. The Balaban J connectivity index is 1.07. The van der Waals surface area contributed by atoms with Crippen LogP contribution in [-0.4, -0.2) is 51.1 Å². The Bertz CT molecular complexity index is 1200. The van der Waals surface area contributed by atoms with Crippen molar-refractivity contribution in [3.8, 4) is 11.4 Å². The number of nitrogens with two attached hydrogens (primary N) is 1. The number of anilines is 1. The zero-order valence-electron chi connectivity index (χ0n) is 22.6. The summed E-state index contributed by atoms with van der Waals surface area (Å²) in [6.45, 7) is 6.58. The lowest BCUT2D eigenvalue weighted by Gasteiger charge is -2.36. The average molecular weight is 537 g/mol. The maximum Gasteiger partial charge on any atom is 0.251 e.